The van der Waals surface area contributed by atoms with E-state index in [0.717, 1.165) is 0 Å². The Bertz CT molecular complexity index is 98.5. The van der Waals surface area contributed by atoms with Crippen LogP contribution in [-0.2, 0) is 0 Å². The first-order chi connectivity index (χ1) is 3.79. The molecule has 0 bridgehead atoms. The van der Waals surface area contributed by atoms with Gasteiger partial charge in [-0.15, -0.1) is 0 Å². The van der Waals surface area contributed by atoms with Gasteiger partial charge in [-0.25, -0.2) is 0 Å². The van der Waals surface area contributed by atoms with Crippen molar-refractivity contribution in [2.45, 2.75) is 12.2 Å². The molecule has 1 rings (SSSR count). The van der Waals surface area contributed by atoms with Crippen LogP contribution in [0.4, 0.5) is 0 Å². The van der Waals surface area contributed by atoms with Crippen LogP contribution in [0.25, 0.3) is 0 Å². The van der Waals surface area contributed by atoms with E-state index in [2.05, 4.69) is 0 Å². The highest BCUT2D eigenvalue weighted by molar-refractivity contribution is 5.13. The molecule has 0 unspecified atom stereocenters. The van der Waals surface area contributed by atoms with Gasteiger partial charge in [0.15, 0.2) is 0 Å². The summed E-state index contributed by atoms with van der Waals surface area (Å²) in [6, 6.07) is 0. The molecule has 0 saturated carbocycles. The Balaban J connectivity index is 2.54. The van der Waals surface area contributed by atoms with Gasteiger partial charge in [-0.3, -0.25) is 0 Å². The summed E-state index contributed by atoms with van der Waals surface area (Å²) in [4.78, 5) is 0. The second kappa shape index (κ2) is 2.11. The Kier molecular flexibility index (Phi) is 1.46. The molecule has 2 heteroatoms. The van der Waals surface area contributed by atoms with Crippen LogP contribution in [-0.4, -0.2) is 12.2 Å². The molecule has 2 nitrogen and oxygen atoms in total. The molecule has 8 heavy (non-hydrogen) atoms. The highest BCUT2D eigenvalue weighted by Crippen LogP contribution is 1.95. The summed E-state index contributed by atoms with van der Waals surface area (Å²) in [5, 5.41) is 20.8. The van der Waals surface area contributed by atoms with Gasteiger partial charge < -0.3 is 10.2 Å². The highest BCUT2D eigenvalue weighted by Gasteiger charge is 1.87. The Morgan fingerprint density at radius 2 is 1.00 bits per heavy atom. The topological polar surface area (TPSA) is 46.1 Å². The molecule has 0 amide bonds. The Morgan fingerprint density at radius 3 is 1.25 bits per heavy atom. The van der Waals surface area contributed by atoms with Gasteiger partial charge in [-0.1, -0.05) is 36.5 Å². The van der Waals surface area contributed by atoms with Gasteiger partial charge in [0, 0.05) is 0 Å². The van der Waals surface area contributed by atoms with Crippen molar-refractivity contribution < 1.29 is 10.2 Å². The van der Waals surface area contributed by atoms with Crippen LogP contribution >= 0.6 is 0 Å². The van der Waals surface area contributed by atoms with Gasteiger partial charge >= 0.3 is 0 Å². The van der Waals surface area contributed by atoms with Crippen LogP contribution in [0, 0.1) is 0 Å². The average molecular weight is 110 g/mol. The molecule has 0 spiro atoms. The molecular formula is C6H6O2-2. The summed E-state index contributed by atoms with van der Waals surface area (Å²) in [6.07, 6.45) is 3.91. The van der Waals surface area contributed by atoms with Crippen molar-refractivity contribution >= 4 is 0 Å². The normalized spacial score (nSPS) is 35.8. The van der Waals surface area contributed by atoms with E-state index in [4.69, 9.17) is 0 Å². The van der Waals surface area contributed by atoms with Crippen molar-refractivity contribution in [1.29, 1.82) is 0 Å². The van der Waals surface area contributed by atoms with Crippen LogP contribution in [0.5, 0.6) is 0 Å². The zero-order valence-electron chi connectivity index (χ0n) is 4.28. The van der Waals surface area contributed by atoms with Gasteiger partial charge in [0.1, 0.15) is 0 Å². The molecule has 0 aromatic heterocycles. The van der Waals surface area contributed by atoms with Gasteiger partial charge in [0.2, 0.25) is 0 Å². The maximum absolute atomic E-state index is 10.4. The third-order valence-electron chi connectivity index (χ3n) is 0.981. The maximum Gasteiger partial charge on any atom is -0.0884 e. The van der Waals surface area contributed by atoms with Crippen LogP contribution in [0.15, 0.2) is 24.3 Å². The Morgan fingerprint density at radius 1 is 0.750 bits per heavy atom. The standard InChI is InChI=1S/C6H6O2/c7-5-1-2-6(8)4-3-5/h1-6H/q-2. The highest BCUT2D eigenvalue weighted by atomic mass is 16.3. The quantitative estimate of drug-likeness (QED) is 0.359. The summed E-state index contributed by atoms with van der Waals surface area (Å²) in [5.41, 5.74) is 0. The molecular weight excluding hydrogens is 104 g/mol. The van der Waals surface area contributed by atoms with Crippen molar-refractivity contribution in [3.8, 4) is 0 Å². The molecule has 0 aromatic rings. The lowest BCUT2D eigenvalue weighted by Crippen LogP contribution is -2.28. The number of hydrogen-bond donors (Lipinski definition) is 0. The van der Waals surface area contributed by atoms with E-state index in [1.807, 2.05) is 0 Å². The molecule has 44 valence electrons. The van der Waals surface area contributed by atoms with Crippen molar-refractivity contribution in [1.82, 2.24) is 0 Å². The van der Waals surface area contributed by atoms with Gasteiger partial charge in [-0.2, -0.15) is 0 Å². The lowest BCUT2D eigenvalue weighted by molar-refractivity contribution is -0.399. The van der Waals surface area contributed by atoms with Gasteiger partial charge in [-0.05, 0) is 0 Å². The minimum absolute atomic E-state index is 0.791. The van der Waals surface area contributed by atoms with Gasteiger partial charge in [0.05, 0.1) is 0 Å². The van der Waals surface area contributed by atoms with E-state index in [1.54, 1.807) is 0 Å². The smallest absolute Gasteiger partial charge is 0.0884 e. The third-order valence-corrected chi connectivity index (χ3v) is 0.981. The Hall–Kier alpha value is -0.600. The molecule has 0 fully saturated rings. The van der Waals surface area contributed by atoms with E-state index < -0.39 is 12.2 Å². The molecule has 0 atom stereocenters. The second-order valence-electron chi connectivity index (χ2n) is 1.70. The molecule has 0 aliphatic heterocycles. The van der Waals surface area contributed by atoms with Crippen molar-refractivity contribution in [3.63, 3.8) is 0 Å². The Labute approximate surface area is 47.8 Å². The average Bonchev–Trinajstić information content (AvgIpc) is 1.77. The molecule has 0 radical (unpaired) electrons. The first kappa shape index (κ1) is 5.54. The summed E-state index contributed by atoms with van der Waals surface area (Å²) in [5.74, 6) is 0. The first-order valence-electron chi connectivity index (χ1n) is 2.47. The minimum atomic E-state index is -0.791. The van der Waals surface area contributed by atoms with E-state index in [-0.39, 0.29) is 0 Å². The minimum Gasteiger partial charge on any atom is -0.846 e. The fourth-order valence-electron chi connectivity index (χ4n) is 0.566. The molecule has 0 N–H and O–H groups in total. The van der Waals surface area contributed by atoms with Gasteiger partial charge in [0.25, 0.3) is 0 Å². The van der Waals surface area contributed by atoms with Crippen LogP contribution < -0.4 is 10.2 Å². The van der Waals surface area contributed by atoms with Crippen molar-refractivity contribution in [2.75, 3.05) is 0 Å². The lowest BCUT2D eigenvalue weighted by atomic mass is 10.1. The molecule has 0 heterocycles. The zero-order valence-corrected chi connectivity index (χ0v) is 4.28. The molecule has 0 saturated heterocycles. The van der Waals surface area contributed by atoms with Crippen LogP contribution in [0.2, 0.25) is 0 Å². The second-order valence-corrected chi connectivity index (χ2v) is 1.70. The predicted octanol–water partition coefficient (Wildman–Crippen LogP) is -1.43. The summed E-state index contributed by atoms with van der Waals surface area (Å²) in [7, 11) is 0. The predicted molar refractivity (Wildman–Crippen MR) is 25.9 cm³/mol. The SMILES string of the molecule is [O-]C1C=CC([O-])C=C1. The number of rotatable bonds is 0. The van der Waals surface area contributed by atoms with Crippen molar-refractivity contribution in [2.24, 2.45) is 0 Å². The van der Waals surface area contributed by atoms with E-state index >= 15 is 0 Å². The maximum atomic E-state index is 10.4. The molecule has 1 aliphatic carbocycles. The summed E-state index contributed by atoms with van der Waals surface area (Å²) in [6.45, 7) is 0. The fraction of sp³-hybridized carbons (Fsp3) is 0.333. The summed E-state index contributed by atoms with van der Waals surface area (Å²) < 4.78 is 0. The van der Waals surface area contributed by atoms with E-state index in [0.29, 0.717) is 0 Å². The monoisotopic (exact) mass is 110 g/mol. The summed E-state index contributed by atoms with van der Waals surface area (Å²) >= 11 is 0. The van der Waals surface area contributed by atoms with Crippen LogP contribution in [0.3, 0.4) is 0 Å². The third kappa shape index (κ3) is 1.18. The van der Waals surface area contributed by atoms with E-state index in [1.165, 1.54) is 24.3 Å². The first-order valence-corrected chi connectivity index (χ1v) is 2.47. The molecule has 1 aliphatic rings. The lowest BCUT2D eigenvalue weighted by Gasteiger charge is -2.22. The fourth-order valence-corrected chi connectivity index (χ4v) is 0.566. The zero-order chi connectivity index (χ0) is 5.98. The number of hydrogen-bond acceptors (Lipinski definition) is 2. The van der Waals surface area contributed by atoms with E-state index in [9.17, 15) is 10.2 Å². The van der Waals surface area contributed by atoms with Crippen LogP contribution in [0.1, 0.15) is 0 Å². The van der Waals surface area contributed by atoms with Crippen molar-refractivity contribution in [3.05, 3.63) is 24.3 Å². The largest absolute Gasteiger partial charge is 0.846 e. The molecule has 0 aromatic carbocycles.